The van der Waals surface area contributed by atoms with Crippen molar-refractivity contribution in [3.05, 3.63) is 47.5 Å². The van der Waals surface area contributed by atoms with E-state index in [2.05, 4.69) is 0 Å². The first-order chi connectivity index (χ1) is 8.49. The van der Waals surface area contributed by atoms with Gasteiger partial charge >= 0.3 is 0 Å². The molecule has 0 aliphatic rings. The monoisotopic (exact) mass is 244 g/mol. The van der Waals surface area contributed by atoms with Gasteiger partial charge in [0.1, 0.15) is 11.5 Å². The van der Waals surface area contributed by atoms with E-state index < -0.39 is 5.78 Å². The zero-order chi connectivity index (χ0) is 13.3. The molecule has 0 unspecified atom stereocenters. The van der Waals surface area contributed by atoms with Crippen LogP contribution in [0.3, 0.4) is 0 Å². The maximum atomic E-state index is 12.1. The topological polar surface area (TPSA) is 110 Å². The highest BCUT2D eigenvalue weighted by Gasteiger charge is 2.17. The summed E-state index contributed by atoms with van der Waals surface area (Å²) in [7, 11) is 0. The van der Waals surface area contributed by atoms with Crippen LogP contribution in [0.15, 0.2) is 36.4 Å². The summed E-state index contributed by atoms with van der Waals surface area (Å²) in [6, 6.07) is 8.37. The van der Waals surface area contributed by atoms with Crippen LogP contribution in [-0.4, -0.2) is 16.0 Å². The Bertz CT molecular complexity index is 570. The van der Waals surface area contributed by atoms with Gasteiger partial charge in [0.2, 0.25) is 0 Å². The summed E-state index contributed by atoms with van der Waals surface area (Å²) in [4.78, 5) is 12.1. The number of hydrogen-bond donors (Lipinski definition) is 4. The van der Waals surface area contributed by atoms with Crippen molar-refractivity contribution < 1.29 is 15.0 Å². The third-order valence-corrected chi connectivity index (χ3v) is 2.53. The van der Waals surface area contributed by atoms with Gasteiger partial charge < -0.3 is 21.7 Å². The Labute approximate surface area is 103 Å². The molecule has 5 heteroatoms. The van der Waals surface area contributed by atoms with E-state index in [0.29, 0.717) is 11.4 Å². The minimum atomic E-state index is -0.495. The van der Waals surface area contributed by atoms with Crippen LogP contribution >= 0.6 is 0 Å². The number of hydrogen-bond acceptors (Lipinski definition) is 5. The number of anilines is 2. The highest BCUT2D eigenvalue weighted by Crippen LogP contribution is 2.27. The summed E-state index contributed by atoms with van der Waals surface area (Å²) in [6.45, 7) is 0. The van der Waals surface area contributed by atoms with E-state index in [9.17, 15) is 15.0 Å². The second kappa shape index (κ2) is 4.29. The van der Waals surface area contributed by atoms with Gasteiger partial charge in [0, 0.05) is 23.5 Å². The van der Waals surface area contributed by atoms with Crippen molar-refractivity contribution >= 4 is 17.2 Å². The van der Waals surface area contributed by atoms with Crippen molar-refractivity contribution in [3.63, 3.8) is 0 Å². The van der Waals surface area contributed by atoms with Gasteiger partial charge in [-0.1, -0.05) is 0 Å². The Morgan fingerprint density at radius 3 is 1.56 bits per heavy atom. The fraction of sp³-hybridized carbons (Fsp3) is 0. The molecule has 0 aliphatic carbocycles. The average Bonchev–Trinajstić information content (AvgIpc) is 2.28. The molecule has 0 saturated heterocycles. The third kappa shape index (κ3) is 2.06. The number of benzene rings is 2. The van der Waals surface area contributed by atoms with Crippen LogP contribution in [0.1, 0.15) is 15.9 Å². The van der Waals surface area contributed by atoms with Crippen LogP contribution in [-0.2, 0) is 0 Å². The predicted molar refractivity (Wildman–Crippen MR) is 68.5 cm³/mol. The Morgan fingerprint density at radius 2 is 1.22 bits per heavy atom. The lowest BCUT2D eigenvalue weighted by atomic mass is 10.0. The number of phenols is 2. The molecular formula is C13H12N2O3. The molecule has 0 amide bonds. The maximum Gasteiger partial charge on any atom is 0.200 e. The number of phenolic OH excluding ortho intramolecular Hbond substituents is 2. The lowest BCUT2D eigenvalue weighted by Crippen LogP contribution is -2.03. The number of ketones is 1. The molecule has 0 atom stereocenters. The number of nitrogens with two attached hydrogens (primary N) is 2. The predicted octanol–water partition coefficient (Wildman–Crippen LogP) is 1.49. The molecule has 92 valence electrons. The number of nitrogen functional groups attached to an aromatic ring is 2. The van der Waals surface area contributed by atoms with Gasteiger partial charge in [-0.2, -0.15) is 0 Å². The lowest BCUT2D eigenvalue weighted by Gasteiger charge is -2.07. The lowest BCUT2D eigenvalue weighted by molar-refractivity contribution is 0.103. The van der Waals surface area contributed by atoms with Gasteiger partial charge in [-0.05, 0) is 24.3 Å². The van der Waals surface area contributed by atoms with E-state index in [0.717, 1.165) is 0 Å². The van der Waals surface area contributed by atoms with E-state index in [1.54, 1.807) is 0 Å². The second-order valence-corrected chi connectivity index (χ2v) is 3.88. The molecule has 5 nitrogen and oxygen atoms in total. The Morgan fingerprint density at radius 1 is 0.833 bits per heavy atom. The first-order valence-corrected chi connectivity index (χ1v) is 5.20. The molecule has 6 N–H and O–H groups in total. The summed E-state index contributed by atoms with van der Waals surface area (Å²) in [5.74, 6) is -0.947. The summed E-state index contributed by atoms with van der Waals surface area (Å²) in [6.07, 6.45) is 0. The Hall–Kier alpha value is -2.69. The van der Waals surface area contributed by atoms with Gasteiger partial charge in [-0.25, -0.2) is 0 Å². The van der Waals surface area contributed by atoms with Crippen molar-refractivity contribution in [3.8, 4) is 11.5 Å². The maximum absolute atomic E-state index is 12.1. The molecule has 2 rings (SSSR count). The average molecular weight is 244 g/mol. The smallest absolute Gasteiger partial charge is 0.200 e. The van der Waals surface area contributed by atoms with Crippen LogP contribution < -0.4 is 11.5 Å². The largest absolute Gasteiger partial charge is 0.507 e. The summed E-state index contributed by atoms with van der Waals surface area (Å²) < 4.78 is 0. The van der Waals surface area contributed by atoms with E-state index >= 15 is 0 Å². The molecule has 2 aromatic rings. The minimum absolute atomic E-state index is 0.0734. The van der Waals surface area contributed by atoms with Crippen LogP contribution in [0.25, 0.3) is 0 Å². The zero-order valence-corrected chi connectivity index (χ0v) is 9.42. The molecule has 18 heavy (non-hydrogen) atoms. The standard InChI is InChI=1S/C13H12N2O3/c14-7-1-3-9(11(16)5-7)13(18)10-4-2-8(15)6-12(10)17/h1-6,16-17H,14-15H2. The fourth-order valence-corrected chi connectivity index (χ4v) is 1.63. The highest BCUT2D eigenvalue weighted by atomic mass is 16.3. The number of carbonyl (C=O) groups excluding carboxylic acids is 1. The highest BCUT2D eigenvalue weighted by molar-refractivity contribution is 6.12. The van der Waals surface area contributed by atoms with Gasteiger partial charge in [0.05, 0.1) is 11.1 Å². The summed E-state index contributed by atoms with van der Waals surface area (Å²) in [5.41, 5.74) is 11.8. The normalized spacial score (nSPS) is 10.2. The fourth-order valence-electron chi connectivity index (χ4n) is 1.63. The van der Waals surface area contributed by atoms with Crippen LogP contribution in [0, 0.1) is 0 Å². The molecule has 0 aliphatic heterocycles. The van der Waals surface area contributed by atoms with E-state index in [1.165, 1.54) is 36.4 Å². The van der Waals surface area contributed by atoms with Crippen molar-refractivity contribution in [1.29, 1.82) is 0 Å². The van der Waals surface area contributed by atoms with Crippen LogP contribution in [0.2, 0.25) is 0 Å². The number of aromatic hydroxyl groups is 2. The van der Waals surface area contributed by atoms with Crippen LogP contribution in [0.4, 0.5) is 11.4 Å². The first-order valence-electron chi connectivity index (χ1n) is 5.20. The van der Waals surface area contributed by atoms with Crippen molar-refractivity contribution in [1.82, 2.24) is 0 Å². The molecule has 0 spiro atoms. The molecule has 0 aromatic heterocycles. The number of rotatable bonds is 2. The first kappa shape index (κ1) is 11.8. The van der Waals surface area contributed by atoms with Crippen molar-refractivity contribution in [2.75, 3.05) is 11.5 Å². The van der Waals surface area contributed by atoms with Crippen molar-refractivity contribution in [2.24, 2.45) is 0 Å². The van der Waals surface area contributed by atoms with Gasteiger partial charge in [-0.15, -0.1) is 0 Å². The quantitative estimate of drug-likeness (QED) is 0.472. The van der Waals surface area contributed by atoms with E-state index in [-0.39, 0.29) is 22.6 Å². The SMILES string of the molecule is Nc1ccc(C(=O)c2ccc(N)cc2O)c(O)c1. The summed E-state index contributed by atoms with van der Waals surface area (Å²) in [5, 5.41) is 19.3. The molecule has 0 bridgehead atoms. The zero-order valence-electron chi connectivity index (χ0n) is 9.42. The molecule has 0 saturated carbocycles. The molecule has 0 fully saturated rings. The van der Waals surface area contributed by atoms with Crippen molar-refractivity contribution in [2.45, 2.75) is 0 Å². The van der Waals surface area contributed by atoms with Crippen LogP contribution in [0.5, 0.6) is 11.5 Å². The van der Waals surface area contributed by atoms with E-state index in [1.807, 2.05) is 0 Å². The van der Waals surface area contributed by atoms with Gasteiger partial charge in [0.25, 0.3) is 0 Å². The minimum Gasteiger partial charge on any atom is -0.507 e. The second-order valence-electron chi connectivity index (χ2n) is 3.88. The Kier molecular flexibility index (Phi) is 2.81. The summed E-state index contributed by atoms with van der Waals surface area (Å²) >= 11 is 0. The Balaban J connectivity index is 2.48. The molecular weight excluding hydrogens is 232 g/mol. The molecule has 2 aromatic carbocycles. The van der Waals surface area contributed by atoms with Gasteiger partial charge in [0.15, 0.2) is 5.78 Å². The number of carbonyl (C=O) groups is 1. The molecule has 0 radical (unpaired) electrons. The third-order valence-electron chi connectivity index (χ3n) is 2.53. The van der Waals surface area contributed by atoms with Gasteiger partial charge in [-0.3, -0.25) is 4.79 Å². The van der Waals surface area contributed by atoms with E-state index in [4.69, 9.17) is 11.5 Å². The molecule has 0 heterocycles.